The van der Waals surface area contributed by atoms with E-state index in [0.717, 1.165) is 0 Å². The molecule has 0 amide bonds. The molecule has 0 fully saturated rings. The van der Waals surface area contributed by atoms with Gasteiger partial charge in [0.05, 0.1) is 0 Å². The minimum absolute atomic E-state index is 0. The van der Waals surface area contributed by atoms with E-state index in [0.29, 0.717) is 0 Å². The summed E-state index contributed by atoms with van der Waals surface area (Å²) in [5.74, 6) is 0. The van der Waals surface area contributed by atoms with E-state index in [2.05, 4.69) is 4.18 Å². The van der Waals surface area contributed by atoms with Gasteiger partial charge in [0, 0.05) is 18.6 Å². The van der Waals surface area contributed by atoms with Gasteiger partial charge in [-0.1, -0.05) is 0 Å². The Morgan fingerprint density at radius 3 is 1.88 bits per heavy atom. The smallest absolute Gasteiger partial charge is 0.328 e. The summed E-state index contributed by atoms with van der Waals surface area (Å²) in [6.07, 6.45) is 0. The largest absolute Gasteiger partial charge is 0.448 e. The molecule has 0 saturated heterocycles. The molecular weight excluding hydrogens is 175 g/mol. The summed E-state index contributed by atoms with van der Waals surface area (Å²) >= 11 is 0. The maximum Gasteiger partial charge on any atom is 0.448 e. The first kappa shape index (κ1) is 10.9. The van der Waals surface area contributed by atoms with Gasteiger partial charge in [0.25, 0.3) is 0 Å². The summed E-state index contributed by atoms with van der Waals surface area (Å²) in [5, 5.41) is 0. The molecule has 0 aromatic rings. The molecule has 0 aliphatic rings. The van der Waals surface area contributed by atoms with Crippen LogP contribution in [0.5, 0.6) is 0 Å². The van der Waals surface area contributed by atoms with E-state index in [4.69, 9.17) is 9.35 Å². The van der Waals surface area contributed by atoms with Crippen molar-refractivity contribution in [2.75, 3.05) is 0 Å². The molecule has 0 unspecified atom stereocenters. The van der Waals surface area contributed by atoms with Crippen LogP contribution in [0.1, 0.15) is 0 Å². The van der Waals surface area contributed by atoms with Crippen LogP contribution in [-0.4, -0.2) is 19.4 Å². The molecule has 0 heterocycles. The summed E-state index contributed by atoms with van der Waals surface area (Å²) in [7, 11) is -4.54. The normalized spacial score (nSPS) is 9.12. The summed E-state index contributed by atoms with van der Waals surface area (Å²) in [6, 6.07) is 0. The van der Waals surface area contributed by atoms with Gasteiger partial charge in [-0.2, -0.15) is 8.42 Å². The number of hydrogen-bond acceptors (Lipinski definition) is 4. The van der Waals surface area contributed by atoms with Crippen LogP contribution >= 0.6 is 0 Å². The molecule has 1 N–H and O–H groups in total. The molecule has 8 heavy (non-hydrogen) atoms. The molecule has 0 spiro atoms. The van der Waals surface area contributed by atoms with Crippen molar-refractivity contribution in [2.24, 2.45) is 0 Å². The number of carbonyl (C=O) groups is 1. The van der Waals surface area contributed by atoms with Crippen LogP contribution in [0, 0.1) is 0 Å². The van der Waals surface area contributed by atoms with Gasteiger partial charge in [0.1, 0.15) is 0 Å². The fourth-order valence-electron chi connectivity index (χ4n) is 0.0496. The van der Waals surface area contributed by atoms with Gasteiger partial charge < -0.3 is 4.18 Å². The van der Waals surface area contributed by atoms with E-state index in [9.17, 15) is 8.42 Å². The average molecular weight is 177 g/mol. The zero-order chi connectivity index (χ0) is 5.91. The van der Waals surface area contributed by atoms with Crippen LogP contribution in [0.3, 0.4) is 0 Å². The monoisotopic (exact) mass is 177 g/mol. The Morgan fingerprint density at radius 2 is 1.88 bits per heavy atom. The molecule has 1 radical (unpaired) electrons. The van der Waals surface area contributed by atoms with E-state index < -0.39 is 10.4 Å². The van der Waals surface area contributed by atoms with Crippen molar-refractivity contribution >= 4 is 16.9 Å². The van der Waals surface area contributed by atoms with Crippen molar-refractivity contribution in [3.8, 4) is 0 Å². The second kappa shape index (κ2) is 3.91. The summed E-state index contributed by atoms with van der Waals surface area (Å²) in [4.78, 5) is 9.06. The van der Waals surface area contributed by atoms with Gasteiger partial charge in [-0.3, -0.25) is 9.35 Å². The van der Waals surface area contributed by atoms with E-state index in [1.165, 1.54) is 0 Å². The third-order valence-corrected chi connectivity index (χ3v) is 0.483. The molecule has 0 aromatic carbocycles. The van der Waals surface area contributed by atoms with Gasteiger partial charge >= 0.3 is 16.9 Å². The van der Waals surface area contributed by atoms with E-state index in [-0.39, 0.29) is 25.0 Å². The van der Waals surface area contributed by atoms with Crippen LogP contribution in [0.2, 0.25) is 0 Å². The topological polar surface area (TPSA) is 80.7 Å². The van der Waals surface area contributed by atoms with Gasteiger partial charge in [-0.05, 0) is 0 Å². The Hall–Kier alpha value is -0.0356. The second-order valence-electron chi connectivity index (χ2n) is 0.620. The molecule has 5 nitrogen and oxygen atoms in total. The fraction of sp³-hybridized carbons (Fsp3) is 0. The maximum absolute atomic E-state index is 9.33. The van der Waals surface area contributed by atoms with Crippen molar-refractivity contribution in [2.45, 2.75) is 0 Å². The quantitative estimate of drug-likeness (QED) is 0.430. The van der Waals surface area contributed by atoms with Gasteiger partial charge in [-0.25, -0.2) is 0 Å². The van der Waals surface area contributed by atoms with Crippen LogP contribution < -0.4 is 0 Å². The minimum atomic E-state index is -4.54. The standard InChI is InChI=1S/CH2O5S.V/c2-1-6-7(3,4)5;/h1H,(H,3,4,5);. The molecule has 7 heteroatoms. The predicted octanol–water partition coefficient (Wildman–Crippen LogP) is -1.04. The van der Waals surface area contributed by atoms with Gasteiger partial charge in [-0.15, -0.1) is 0 Å². The minimum Gasteiger partial charge on any atom is -0.328 e. The Labute approximate surface area is 57.9 Å². The van der Waals surface area contributed by atoms with Crippen molar-refractivity contribution in [3.05, 3.63) is 0 Å². The molecule has 0 aromatic heterocycles. The molecule has 0 aliphatic heterocycles. The van der Waals surface area contributed by atoms with Crippen molar-refractivity contribution in [1.82, 2.24) is 0 Å². The summed E-state index contributed by atoms with van der Waals surface area (Å²) in [5.41, 5.74) is 0. The van der Waals surface area contributed by atoms with Gasteiger partial charge in [0.15, 0.2) is 0 Å². The molecule has 0 rings (SSSR count). The zero-order valence-electron chi connectivity index (χ0n) is 3.51. The second-order valence-corrected chi connectivity index (χ2v) is 1.67. The molecule has 0 saturated carbocycles. The number of carbonyl (C=O) groups excluding carboxylic acids is 1. The Morgan fingerprint density at radius 1 is 1.50 bits per heavy atom. The third kappa shape index (κ3) is 9.35. The van der Waals surface area contributed by atoms with Crippen LogP contribution in [0.4, 0.5) is 0 Å². The molecular formula is CH2O5SV. The summed E-state index contributed by atoms with van der Waals surface area (Å²) < 4.78 is 29.3. The predicted molar refractivity (Wildman–Crippen MR) is 18.7 cm³/mol. The van der Waals surface area contributed by atoms with Crippen LogP contribution in [0.25, 0.3) is 0 Å². The van der Waals surface area contributed by atoms with Crippen molar-refractivity contribution in [3.63, 3.8) is 0 Å². The fourth-order valence-corrected chi connectivity index (χ4v) is 0.149. The Kier molecular flexibility index (Phi) is 5.30. The molecule has 0 aliphatic carbocycles. The zero-order valence-corrected chi connectivity index (χ0v) is 5.73. The molecule has 0 atom stereocenters. The van der Waals surface area contributed by atoms with Crippen LogP contribution in [0.15, 0.2) is 0 Å². The van der Waals surface area contributed by atoms with Crippen molar-refractivity contribution in [1.29, 1.82) is 0 Å². The van der Waals surface area contributed by atoms with E-state index >= 15 is 0 Å². The third-order valence-electron chi connectivity index (χ3n) is 0.161. The number of rotatable bonds is 2. The Bertz CT molecular complexity index is 146. The van der Waals surface area contributed by atoms with Crippen LogP contribution in [-0.2, 0) is 37.9 Å². The SMILES string of the molecule is O=COS(=O)(=O)O.[V]. The maximum atomic E-state index is 9.33. The molecule has 47 valence electrons. The van der Waals surface area contributed by atoms with E-state index in [1.807, 2.05) is 0 Å². The Balaban J connectivity index is 0. The first-order valence-electron chi connectivity index (χ1n) is 1.15. The molecule has 0 bridgehead atoms. The average Bonchev–Trinajstić information content (AvgIpc) is 1.30. The summed E-state index contributed by atoms with van der Waals surface area (Å²) in [6.45, 7) is -0.380. The van der Waals surface area contributed by atoms with Gasteiger partial charge in [0.2, 0.25) is 0 Å². The first-order chi connectivity index (χ1) is 3.06. The number of hydrogen-bond donors (Lipinski definition) is 1. The van der Waals surface area contributed by atoms with Crippen molar-refractivity contribution < 1.29 is 40.5 Å². The van der Waals surface area contributed by atoms with E-state index in [1.54, 1.807) is 0 Å². The first-order valence-corrected chi connectivity index (χ1v) is 2.52.